The second-order valence-electron chi connectivity index (χ2n) is 11.8. The van der Waals surface area contributed by atoms with Crippen LogP contribution in [0.15, 0.2) is 0 Å². The molecule has 0 spiro atoms. The van der Waals surface area contributed by atoms with Crippen LogP contribution in [0.4, 0.5) is 0 Å². The van der Waals surface area contributed by atoms with Crippen LogP contribution in [0.1, 0.15) is 71.1 Å². The molecule has 0 bridgehead atoms. The van der Waals surface area contributed by atoms with Crippen LogP contribution in [0, 0.1) is 17.8 Å². The fourth-order valence-electron chi connectivity index (χ4n) is 7.13. The third-order valence-electron chi connectivity index (χ3n) is 9.37. The lowest BCUT2D eigenvalue weighted by atomic mass is 9.81. The van der Waals surface area contributed by atoms with E-state index in [4.69, 9.17) is 16.3 Å². The van der Waals surface area contributed by atoms with Gasteiger partial charge in [-0.05, 0) is 102 Å². The highest BCUT2D eigenvalue weighted by Gasteiger charge is 2.41. The van der Waals surface area contributed by atoms with Crippen molar-refractivity contribution in [1.29, 1.82) is 0 Å². The van der Waals surface area contributed by atoms with E-state index in [9.17, 15) is 4.79 Å². The van der Waals surface area contributed by atoms with Gasteiger partial charge in [0.1, 0.15) is 12.3 Å². The molecule has 3 heterocycles. The molecule has 8 unspecified atom stereocenters. The molecule has 2 saturated carbocycles. The Morgan fingerprint density at radius 2 is 1.83 bits per heavy atom. The summed E-state index contributed by atoms with van der Waals surface area (Å²) in [4.78, 5) is 13.3. The lowest BCUT2D eigenvalue weighted by molar-refractivity contribution is -0.126. The molecule has 200 valence electrons. The molecule has 5 aliphatic rings. The van der Waals surface area contributed by atoms with E-state index in [1.807, 2.05) is 0 Å². The van der Waals surface area contributed by atoms with E-state index < -0.39 is 0 Å². The second-order valence-corrected chi connectivity index (χ2v) is 12.4. The van der Waals surface area contributed by atoms with Gasteiger partial charge in [-0.1, -0.05) is 6.92 Å². The van der Waals surface area contributed by atoms with Gasteiger partial charge in [0.15, 0.2) is 0 Å². The molecule has 5 rings (SSSR count). The maximum atomic E-state index is 13.3. The van der Waals surface area contributed by atoms with Crippen LogP contribution in [0.25, 0.3) is 0 Å². The van der Waals surface area contributed by atoms with Crippen LogP contribution in [-0.2, 0) is 9.53 Å². The molecule has 3 aliphatic heterocycles. The molecular formula is C26H47ClN6O2. The molecule has 8 atom stereocenters. The number of nitrogens with one attached hydrogen (secondary N) is 6. The van der Waals surface area contributed by atoms with Gasteiger partial charge in [0.05, 0.1) is 12.8 Å². The molecule has 0 aromatic rings. The second kappa shape index (κ2) is 12.4. The van der Waals surface area contributed by atoms with Crippen molar-refractivity contribution < 1.29 is 9.53 Å². The van der Waals surface area contributed by atoms with E-state index in [2.05, 4.69) is 38.8 Å². The summed E-state index contributed by atoms with van der Waals surface area (Å²) in [6.07, 6.45) is 11.2. The molecule has 35 heavy (non-hydrogen) atoms. The number of halogens is 1. The van der Waals surface area contributed by atoms with Crippen molar-refractivity contribution in [1.82, 2.24) is 31.9 Å². The quantitative estimate of drug-likeness (QED) is 0.302. The predicted octanol–water partition coefficient (Wildman–Crippen LogP) is 1.60. The molecular weight excluding hydrogens is 464 g/mol. The van der Waals surface area contributed by atoms with Crippen molar-refractivity contribution in [2.75, 3.05) is 26.4 Å². The summed E-state index contributed by atoms with van der Waals surface area (Å²) >= 11 is 6.31. The Kier molecular flexibility index (Phi) is 9.24. The first kappa shape index (κ1) is 26.1. The Morgan fingerprint density at radius 1 is 0.971 bits per heavy atom. The Bertz CT molecular complexity index is 687. The van der Waals surface area contributed by atoms with E-state index >= 15 is 0 Å². The van der Waals surface area contributed by atoms with E-state index in [0.717, 1.165) is 70.5 Å². The fraction of sp³-hybridized carbons (Fsp3) is 0.962. The molecule has 0 aromatic heterocycles. The monoisotopic (exact) mass is 510 g/mol. The average molecular weight is 511 g/mol. The number of rotatable bonds is 6. The van der Waals surface area contributed by atoms with Crippen LogP contribution >= 0.6 is 11.6 Å². The summed E-state index contributed by atoms with van der Waals surface area (Å²) in [5.41, 5.74) is 0. The molecule has 5 fully saturated rings. The summed E-state index contributed by atoms with van der Waals surface area (Å²) in [5.74, 6) is 1.85. The lowest BCUT2D eigenvalue weighted by Crippen LogP contribution is -2.66. The molecule has 8 nitrogen and oxygen atoms in total. The van der Waals surface area contributed by atoms with Crippen molar-refractivity contribution in [2.24, 2.45) is 17.8 Å². The summed E-state index contributed by atoms with van der Waals surface area (Å²) < 4.78 is 6.00. The number of piperidine rings is 1. The first-order chi connectivity index (χ1) is 17.1. The minimum absolute atomic E-state index is 0.0301. The van der Waals surface area contributed by atoms with Crippen LogP contribution < -0.4 is 31.9 Å². The highest BCUT2D eigenvalue weighted by atomic mass is 35.5. The number of ether oxygens (including phenoxy) is 1. The topological polar surface area (TPSA) is 98.5 Å². The predicted molar refractivity (Wildman–Crippen MR) is 139 cm³/mol. The van der Waals surface area contributed by atoms with Crippen molar-refractivity contribution in [3.8, 4) is 0 Å². The van der Waals surface area contributed by atoms with Gasteiger partial charge in [0.2, 0.25) is 5.91 Å². The zero-order chi connectivity index (χ0) is 24.2. The highest BCUT2D eigenvalue weighted by molar-refractivity contribution is 6.20. The molecule has 0 radical (unpaired) electrons. The Balaban J connectivity index is 1.11. The first-order valence-electron chi connectivity index (χ1n) is 14.3. The normalized spacial score (nSPS) is 45.2. The molecule has 6 N–H and O–H groups in total. The summed E-state index contributed by atoms with van der Waals surface area (Å²) in [5, 5.41) is 21.9. The zero-order valence-corrected chi connectivity index (χ0v) is 22.1. The van der Waals surface area contributed by atoms with Gasteiger partial charge in [-0.15, -0.1) is 11.6 Å². The van der Waals surface area contributed by atoms with Gasteiger partial charge in [-0.2, -0.15) is 0 Å². The summed E-state index contributed by atoms with van der Waals surface area (Å²) in [6, 6.07) is 0.906. The standard InChI is InChI=1S/C26H47ClN6O2/c1-16-4-9-20(31-25(34)23-24(35-15-30-23)17-5-7-19(27)8-6-17)13-22(16)33-26-29-12-10-21(32-26)18-3-2-11-28-14-18/h16-24,26,28-30,32-33H,2-15H2,1H3,(H,31,34). The van der Waals surface area contributed by atoms with Crippen molar-refractivity contribution in [3.05, 3.63) is 0 Å². The number of carbonyl (C=O) groups excluding carboxylic acids is 1. The maximum Gasteiger partial charge on any atom is 0.240 e. The van der Waals surface area contributed by atoms with Crippen molar-refractivity contribution in [2.45, 2.75) is 113 Å². The minimum atomic E-state index is -0.246. The largest absolute Gasteiger partial charge is 0.361 e. The van der Waals surface area contributed by atoms with E-state index in [0.29, 0.717) is 30.7 Å². The fourth-order valence-corrected chi connectivity index (χ4v) is 7.39. The Labute approximate surface area is 216 Å². The SMILES string of the molecule is CC1CCC(NC(=O)C2NCOC2C2CCC(Cl)CC2)CC1NC1NCCC(C2CCCNC2)N1. The molecule has 0 aromatic carbocycles. The van der Waals surface area contributed by atoms with Gasteiger partial charge in [0.25, 0.3) is 0 Å². The van der Waals surface area contributed by atoms with Gasteiger partial charge in [0, 0.05) is 23.5 Å². The number of carbonyl (C=O) groups is 1. The number of hydrogen-bond acceptors (Lipinski definition) is 7. The molecule has 9 heteroatoms. The smallest absolute Gasteiger partial charge is 0.240 e. The van der Waals surface area contributed by atoms with E-state index in [-0.39, 0.29) is 35.8 Å². The van der Waals surface area contributed by atoms with Crippen LogP contribution in [0.5, 0.6) is 0 Å². The van der Waals surface area contributed by atoms with E-state index in [1.54, 1.807) is 0 Å². The number of amides is 1. The summed E-state index contributed by atoms with van der Waals surface area (Å²) in [6.45, 7) is 6.15. The molecule has 2 aliphatic carbocycles. The van der Waals surface area contributed by atoms with Gasteiger partial charge < -0.3 is 15.4 Å². The third kappa shape index (κ3) is 6.70. The minimum Gasteiger partial charge on any atom is -0.361 e. The van der Waals surface area contributed by atoms with Gasteiger partial charge >= 0.3 is 0 Å². The Hall–Kier alpha value is -0.480. The van der Waals surface area contributed by atoms with Gasteiger partial charge in [-0.3, -0.25) is 26.1 Å². The van der Waals surface area contributed by atoms with E-state index in [1.165, 1.54) is 19.3 Å². The molecule has 1 amide bonds. The van der Waals surface area contributed by atoms with Crippen molar-refractivity contribution in [3.63, 3.8) is 0 Å². The average Bonchev–Trinajstić information content (AvgIpc) is 3.37. The maximum absolute atomic E-state index is 13.3. The van der Waals surface area contributed by atoms with Crippen LogP contribution in [-0.4, -0.2) is 74.2 Å². The third-order valence-corrected chi connectivity index (χ3v) is 9.80. The Morgan fingerprint density at radius 3 is 2.63 bits per heavy atom. The first-order valence-corrected chi connectivity index (χ1v) is 14.8. The number of alkyl halides is 1. The summed E-state index contributed by atoms with van der Waals surface area (Å²) in [7, 11) is 0. The van der Waals surface area contributed by atoms with Crippen molar-refractivity contribution >= 4 is 17.5 Å². The molecule has 3 saturated heterocycles. The zero-order valence-electron chi connectivity index (χ0n) is 21.4. The van der Waals surface area contributed by atoms with Crippen LogP contribution in [0.3, 0.4) is 0 Å². The van der Waals surface area contributed by atoms with Crippen LogP contribution in [0.2, 0.25) is 0 Å². The lowest BCUT2D eigenvalue weighted by Gasteiger charge is -2.43. The number of hydrogen-bond donors (Lipinski definition) is 6. The highest BCUT2D eigenvalue weighted by Crippen LogP contribution is 2.34. The van der Waals surface area contributed by atoms with Gasteiger partial charge in [-0.25, -0.2) is 0 Å².